The van der Waals surface area contributed by atoms with Gasteiger partial charge in [-0.2, -0.15) is 0 Å². The molecule has 1 saturated carbocycles. The fraction of sp³-hybridized carbons (Fsp3) is 0.632. The topological polar surface area (TPSA) is 97.5 Å². The van der Waals surface area contributed by atoms with Crippen LogP contribution in [-0.2, 0) is 16.0 Å². The van der Waals surface area contributed by atoms with E-state index in [0.29, 0.717) is 22.9 Å². The third-order valence-electron chi connectivity index (χ3n) is 4.51. The molecule has 0 aromatic carbocycles. The number of carbonyl (C=O) groups is 2. The molecule has 27 heavy (non-hydrogen) atoms. The first-order chi connectivity index (χ1) is 12.7. The summed E-state index contributed by atoms with van der Waals surface area (Å²) in [7, 11) is 3.14. The Hall–Kier alpha value is -1.86. The van der Waals surface area contributed by atoms with Crippen LogP contribution in [0.5, 0.6) is 5.88 Å². The number of nitrogens with two attached hydrogens (primary N) is 1. The molecule has 1 aromatic rings. The van der Waals surface area contributed by atoms with Crippen molar-refractivity contribution in [3.05, 3.63) is 22.8 Å². The van der Waals surface area contributed by atoms with Crippen LogP contribution in [0.15, 0.2) is 12.3 Å². The van der Waals surface area contributed by atoms with Crippen molar-refractivity contribution in [2.45, 2.75) is 57.7 Å². The highest BCUT2D eigenvalue weighted by Crippen LogP contribution is 2.30. The summed E-state index contributed by atoms with van der Waals surface area (Å²) in [4.78, 5) is 30.9. The summed E-state index contributed by atoms with van der Waals surface area (Å²) in [6.07, 6.45) is 4.46. The fourth-order valence-electron chi connectivity index (χ4n) is 2.87. The Balaban J connectivity index is 2.22. The van der Waals surface area contributed by atoms with Crippen LogP contribution < -0.4 is 15.8 Å². The number of halogens is 1. The second kappa shape index (κ2) is 9.37. The van der Waals surface area contributed by atoms with Crippen LogP contribution in [0.4, 0.5) is 0 Å². The summed E-state index contributed by atoms with van der Waals surface area (Å²) in [5.41, 5.74) is 6.73. The molecule has 3 N–H and O–H groups in total. The molecule has 1 heterocycles. The Labute approximate surface area is 165 Å². The van der Waals surface area contributed by atoms with Crippen molar-refractivity contribution in [1.82, 2.24) is 15.2 Å². The van der Waals surface area contributed by atoms with Gasteiger partial charge in [-0.05, 0) is 31.2 Å². The zero-order valence-electron chi connectivity index (χ0n) is 16.4. The highest BCUT2D eigenvalue weighted by atomic mass is 35.5. The number of rotatable bonds is 9. The van der Waals surface area contributed by atoms with Gasteiger partial charge < -0.3 is 20.7 Å². The number of nitrogens with zero attached hydrogens (tertiary/aromatic N) is 2. The molecular formula is C19H29ClN4O3. The first kappa shape index (κ1) is 21.4. The van der Waals surface area contributed by atoms with Crippen molar-refractivity contribution >= 4 is 23.4 Å². The lowest BCUT2D eigenvalue weighted by Gasteiger charge is -2.30. The molecule has 0 unspecified atom stereocenters. The maximum atomic E-state index is 12.7. The number of hydrogen-bond donors (Lipinski definition) is 2. The fourth-order valence-corrected chi connectivity index (χ4v) is 3.05. The zero-order chi connectivity index (χ0) is 20.1. The minimum absolute atomic E-state index is 0.162. The number of likely N-dealkylation sites (N-methyl/N-ethyl adjacent to an activating group) is 2. The van der Waals surface area contributed by atoms with Gasteiger partial charge in [-0.25, -0.2) is 4.98 Å². The van der Waals surface area contributed by atoms with Gasteiger partial charge in [0.15, 0.2) is 0 Å². The summed E-state index contributed by atoms with van der Waals surface area (Å²) in [5.74, 6) is 0.200. The van der Waals surface area contributed by atoms with Gasteiger partial charge in [-0.15, -0.1) is 0 Å². The molecule has 2 amide bonds. The highest BCUT2D eigenvalue weighted by molar-refractivity contribution is 6.30. The standard InChI is InChI=1S/C19H29ClN4O3/c1-11(2)7-15(21)19(26)24(4)16(17(25)22-3)9-12-8-13(20)10-23-18(12)27-14-5-6-14/h8,10-11,14-16H,5-7,9,21H2,1-4H3,(H,22,25)/t15-,16-/m0/s1. The van der Waals surface area contributed by atoms with E-state index in [9.17, 15) is 9.59 Å². The summed E-state index contributed by atoms with van der Waals surface area (Å²) in [6, 6.07) is 0.346. The number of carbonyl (C=O) groups excluding carboxylic acids is 2. The Morgan fingerprint density at radius 2 is 2.11 bits per heavy atom. The van der Waals surface area contributed by atoms with Crippen molar-refractivity contribution in [3.8, 4) is 5.88 Å². The van der Waals surface area contributed by atoms with Crippen LogP contribution in [0, 0.1) is 5.92 Å². The molecule has 0 radical (unpaired) electrons. The maximum absolute atomic E-state index is 12.7. The molecule has 2 rings (SSSR count). The van der Waals surface area contributed by atoms with Gasteiger partial charge in [0.2, 0.25) is 17.7 Å². The number of nitrogens with one attached hydrogen (secondary N) is 1. The van der Waals surface area contributed by atoms with E-state index >= 15 is 0 Å². The Morgan fingerprint density at radius 1 is 1.44 bits per heavy atom. The molecule has 1 fully saturated rings. The largest absolute Gasteiger partial charge is 0.474 e. The van der Waals surface area contributed by atoms with E-state index in [4.69, 9.17) is 22.1 Å². The van der Waals surface area contributed by atoms with Crippen LogP contribution in [0.3, 0.4) is 0 Å². The van der Waals surface area contributed by atoms with E-state index in [2.05, 4.69) is 10.3 Å². The number of ether oxygens (including phenoxy) is 1. The molecule has 0 spiro atoms. The SMILES string of the molecule is CNC(=O)[C@H](Cc1cc(Cl)cnc1OC1CC1)N(C)C(=O)[C@@H](N)CC(C)C. The normalized spacial score (nSPS) is 16.0. The van der Waals surface area contributed by atoms with Gasteiger partial charge in [0, 0.05) is 32.3 Å². The lowest BCUT2D eigenvalue weighted by Crippen LogP contribution is -2.53. The van der Waals surface area contributed by atoms with Crippen LogP contribution in [0.2, 0.25) is 5.02 Å². The van der Waals surface area contributed by atoms with Crippen LogP contribution in [0.25, 0.3) is 0 Å². The third kappa shape index (κ3) is 6.07. The molecule has 0 aliphatic heterocycles. The first-order valence-corrected chi connectivity index (χ1v) is 9.65. The molecule has 0 bridgehead atoms. The van der Waals surface area contributed by atoms with E-state index in [1.807, 2.05) is 13.8 Å². The van der Waals surface area contributed by atoms with Crippen molar-refractivity contribution in [1.29, 1.82) is 0 Å². The van der Waals surface area contributed by atoms with Gasteiger partial charge >= 0.3 is 0 Å². The number of pyridine rings is 1. The van der Waals surface area contributed by atoms with Crippen molar-refractivity contribution in [3.63, 3.8) is 0 Å². The third-order valence-corrected chi connectivity index (χ3v) is 4.72. The van der Waals surface area contributed by atoms with Crippen LogP contribution >= 0.6 is 11.6 Å². The van der Waals surface area contributed by atoms with E-state index in [1.165, 1.54) is 11.1 Å². The smallest absolute Gasteiger partial charge is 0.242 e. The molecule has 7 nitrogen and oxygen atoms in total. The van der Waals surface area contributed by atoms with Gasteiger partial charge in [-0.3, -0.25) is 9.59 Å². The Kier molecular flexibility index (Phi) is 7.44. The van der Waals surface area contributed by atoms with Gasteiger partial charge in [0.1, 0.15) is 12.1 Å². The molecule has 1 aromatic heterocycles. The van der Waals surface area contributed by atoms with E-state index < -0.39 is 12.1 Å². The quantitative estimate of drug-likeness (QED) is 0.662. The second-order valence-electron chi connectivity index (χ2n) is 7.45. The Bertz CT molecular complexity index is 679. The lowest BCUT2D eigenvalue weighted by atomic mass is 10.0. The average molecular weight is 397 g/mol. The lowest BCUT2D eigenvalue weighted by molar-refractivity contribution is -0.140. The van der Waals surface area contributed by atoms with E-state index in [-0.39, 0.29) is 30.3 Å². The predicted octanol–water partition coefficient (Wildman–Crippen LogP) is 1.77. The highest BCUT2D eigenvalue weighted by Gasteiger charge is 2.32. The monoisotopic (exact) mass is 396 g/mol. The maximum Gasteiger partial charge on any atom is 0.242 e. The Morgan fingerprint density at radius 3 is 2.67 bits per heavy atom. The number of aromatic nitrogens is 1. The van der Waals surface area contributed by atoms with Gasteiger partial charge in [0.05, 0.1) is 11.1 Å². The minimum Gasteiger partial charge on any atom is -0.474 e. The molecule has 150 valence electrons. The molecule has 1 aliphatic carbocycles. The molecule has 8 heteroatoms. The van der Waals surface area contributed by atoms with Gasteiger partial charge in [0.25, 0.3) is 0 Å². The second-order valence-corrected chi connectivity index (χ2v) is 7.89. The summed E-state index contributed by atoms with van der Waals surface area (Å²) < 4.78 is 5.84. The molecule has 1 aliphatic rings. The van der Waals surface area contributed by atoms with E-state index in [1.54, 1.807) is 20.2 Å². The summed E-state index contributed by atoms with van der Waals surface area (Å²) >= 11 is 6.10. The first-order valence-electron chi connectivity index (χ1n) is 9.27. The molecular weight excluding hydrogens is 368 g/mol. The van der Waals surface area contributed by atoms with Crippen molar-refractivity contribution < 1.29 is 14.3 Å². The van der Waals surface area contributed by atoms with Crippen LogP contribution in [0.1, 0.15) is 38.7 Å². The predicted molar refractivity (Wildman–Crippen MR) is 105 cm³/mol. The summed E-state index contributed by atoms with van der Waals surface area (Å²) in [6.45, 7) is 4.00. The van der Waals surface area contributed by atoms with Gasteiger partial charge in [-0.1, -0.05) is 25.4 Å². The molecule has 2 atom stereocenters. The molecule has 0 saturated heterocycles. The van der Waals surface area contributed by atoms with Crippen molar-refractivity contribution in [2.75, 3.05) is 14.1 Å². The summed E-state index contributed by atoms with van der Waals surface area (Å²) in [5, 5.41) is 3.07. The van der Waals surface area contributed by atoms with E-state index in [0.717, 1.165) is 12.8 Å². The average Bonchev–Trinajstić information content (AvgIpc) is 3.43. The van der Waals surface area contributed by atoms with Crippen LogP contribution in [-0.4, -0.2) is 54.0 Å². The number of hydrogen-bond acceptors (Lipinski definition) is 5. The number of amides is 2. The zero-order valence-corrected chi connectivity index (χ0v) is 17.1. The minimum atomic E-state index is -0.734. The van der Waals surface area contributed by atoms with Crippen molar-refractivity contribution in [2.24, 2.45) is 11.7 Å².